The Morgan fingerprint density at radius 1 is 0.938 bits per heavy atom. The van der Waals surface area contributed by atoms with E-state index in [2.05, 4.69) is 9.80 Å². The van der Waals surface area contributed by atoms with Crippen molar-refractivity contribution >= 4 is 5.97 Å². The van der Waals surface area contributed by atoms with Gasteiger partial charge in [0, 0.05) is 32.7 Å². The van der Waals surface area contributed by atoms with Gasteiger partial charge in [0.25, 0.3) is 0 Å². The maximum Gasteiger partial charge on any atom is 0.316 e. The molecule has 0 spiro atoms. The summed E-state index contributed by atoms with van der Waals surface area (Å²) in [6, 6.07) is 12.9. The third-order valence-electron chi connectivity index (χ3n) is 6.72. The van der Waals surface area contributed by atoms with Gasteiger partial charge < -0.3 is 9.64 Å². The van der Waals surface area contributed by atoms with Crippen LogP contribution in [0.5, 0.6) is 0 Å². The molecule has 6 heteroatoms. The summed E-state index contributed by atoms with van der Waals surface area (Å²) in [7, 11) is 1.42. The van der Waals surface area contributed by atoms with Crippen molar-refractivity contribution in [3.05, 3.63) is 71.3 Å². The zero-order chi connectivity index (χ0) is 23.1. The van der Waals surface area contributed by atoms with Gasteiger partial charge in [-0.05, 0) is 60.7 Å². The number of carbonyl (C=O) groups excluding carboxylic acids is 1. The standard InChI is InChI=1S/C26H34F2N2O2/c1-20(2)26(25(31)32-3,22-7-11-24(28)12-8-22)13-4-14-29-15-17-30(18-16-29)19-21-5-9-23(27)10-6-21/h5-12,20H,4,13-19H2,1-3H3. The fourth-order valence-corrected chi connectivity index (χ4v) is 4.75. The lowest BCUT2D eigenvalue weighted by Gasteiger charge is -2.38. The van der Waals surface area contributed by atoms with Crippen LogP contribution in [0.3, 0.4) is 0 Å². The van der Waals surface area contributed by atoms with Crippen LogP contribution in [0.25, 0.3) is 0 Å². The van der Waals surface area contributed by atoms with Gasteiger partial charge in [0.05, 0.1) is 12.5 Å². The number of hydrogen-bond acceptors (Lipinski definition) is 4. The highest BCUT2D eigenvalue weighted by Crippen LogP contribution is 2.38. The predicted octanol–water partition coefficient (Wildman–Crippen LogP) is 4.63. The molecule has 1 heterocycles. The summed E-state index contributed by atoms with van der Waals surface area (Å²) in [6.07, 6.45) is 1.50. The molecule has 4 nitrogen and oxygen atoms in total. The molecule has 0 aromatic heterocycles. The van der Waals surface area contributed by atoms with Crippen molar-refractivity contribution in [2.75, 3.05) is 39.8 Å². The van der Waals surface area contributed by atoms with E-state index in [0.717, 1.165) is 56.8 Å². The van der Waals surface area contributed by atoms with Crippen molar-refractivity contribution in [1.29, 1.82) is 0 Å². The Balaban J connectivity index is 1.56. The summed E-state index contributed by atoms with van der Waals surface area (Å²) in [6.45, 7) is 9.62. The molecule has 0 N–H and O–H groups in total. The molecular weight excluding hydrogens is 410 g/mol. The van der Waals surface area contributed by atoms with Crippen LogP contribution in [0.2, 0.25) is 0 Å². The van der Waals surface area contributed by atoms with Crippen LogP contribution >= 0.6 is 0 Å². The van der Waals surface area contributed by atoms with Crippen molar-refractivity contribution in [2.24, 2.45) is 5.92 Å². The molecule has 1 atom stereocenters. The van der Waals surface area contributed by atoms with Gasteiger partial charge in [-0.1, -0.05) is 38.1 Å². The normalized spacial score (nSPS) is 17.3. The summed E-state index contributed by atoms with van der Waals surface area (Å²) >= 11 is 0. The van der Waals surface area contributed by atoms with Gasteiger partial charge in [-0.2, -0.15) is 0 Å². The number of hydrogen-bond donors (Lipinski definition) is 0. The van der Waals surface area contributed by atoms with E-state index in [-0.39, 0.29) is 23.5 Å². The molecule has 1 saturated heterocycles. The lowest BCUT2D eigenvalue weighted by atomic mass is 9.68. The third kappa shape index (κ3) is 5.73. The molecule has 0 amide bonds. The van der Waals surface area contributed by atoms with Crippen LogP contribution in [-0.2, 0) is 21.5 Å². The zero-order valence-electron chi connectivity index (χ0n) is 19.3. The second-order valence-corrected chi connectivity index (χ2v) is 8.97. The molecule has 1 unspecified atom stereocenters. The second-order valence-electron chi connectivity index (χ2n) is 8.97. The Bertz CT molecular complexity index is 862. The highest BCUT2D eigenvalue weighted by molar-refractivity contribution is 5.83. The highest BCUT2D eigenvalue weighted by atomic mass is 19.1. The molecule has 1 aliphatic rings. The molecule has 0 radical (unpaired) electrons. The van der Waals surface area contributed by atoms with Gasteiger partial charge in [-0.25, -0.2) is 8.78 Å². The molecule has 2 aromatic rings. The van der Waals surface area contributed by atoms with Crippen molar-refractivity contribution < 1.29 is 18.3 Å². The average Bonchev–Trinajstić information content (AvgIpc) is 2.79. The summed E-state index contributed by atoms with van der Waals surface area (Å²) < 4.78 is 31.8. The number of carbonyl (C=O) groups is 1. The van der Waals surface area contributed by atoms with E-state index in [1.54, 1.807) is 12.1 Å². The van der Waals surface area contributed by atoms with E-state index in [4.69, 9.17) is 4.74 Å². The van der Waals surface area contributed by atoms with E-state index in [0.29, 0.717) is 6.42 Å². The van der Waals surface area contributed by atoms with Crippen molar-refractivity contribution in [1.82, 2.24) is 9.80 Å². The molecule has 0 saturated carbocycles. The molecule has 0 aliphatic carbocycles. The van der Waals surface area contributed by atoms with Crippen LogP contribution in [0, 0.1) is 17.6 Å². The number of halogens is 2. The smallest absolute Gasteiger partial charge is 0.316 e. The quantitative estimate of drug-likeness (QED) is 0.528. The van der Waals surface area contributed by atoms with E-state index in [1.165, 1.54) is 31.4 Å². The summed E-state index contributed by atoms with van der Waals surface area (Å²) in [5, 5.41) is 0. The zero-order valence-corrected chi connectivity index (χ0v) is 19.3. The molecule has 2 aromatic carbocycles. The van der Waals surface area contributed by atoms with Gasteiger partial charge in [0.2, 0.25) is 0 Å². The Hall–Kier alpha value is -2.31. The predicted molar refractivity (Wildman–Crippen MR) is 122 cm³/mol. The Labute approximate surface area is 190 Å². The van der Waals surface area contributed by atoms with Crippen molar-refractivity contribution in [3.8, 4) is 0 Å². The summed E-state index contributed by atoms with van der Waals surface area (Å²) in [4.78, 5) is 17.7. The molecule has 1 fully saturated rings. The third-order valence-corrected chi connectivity index (χ3v) is 6.72. The van der Waals surface area contributed by atoms with Crippen LogP contribution in [0.1, 0.15) is 37.8 Å². The van der Waals surface area contributed by atoms with Crippen LogP contribution in [0.4, 0.5) is 8.78 Å². The van der Waals surface area contributed by atoms with Crippen LogP contribution in [0.15, 0.2) is 48.5 Å². The SMILES string of the molecule is COC(=O)C(CCCN1CCN(Cc2ccc(F)cc2)CC1)(c1ccc(F)cc1)C(C)C. The number of methoxy groups -OCH3 is 1. The van der Waals surface area contributed by atoms with E-state index >= 15 is 0 Å². The first kappa shape index (κ1) is 24.3. The van der Waals surface area contributed by atoms with Gasteiger partial charge in [-0.3, -0.25) is 9.69 Å². The van der Waals surface area contributed by atoms with E-state index in [9.17, 15) is 13.6 Å². The maximum absolute atomic E-state index is 13.5. The molecular formula is C26H34F2N2O2. The molecule has 1 aliphatic heterocycles. The molecule has 3 rings (SSSR count). The number of nitrogens with zero attached hydrogens (tertiary/aromatic N) is 2. The summed E-state index contributed by atoms with van der Waals surface area (Å²) in [5.41, 5.74) is 1.15. The number of benzene rings is 2. The van der Waals surface area contributed by atoms with Crippen LogP contribution < -0.4 is 0 Å². The van der Waals surface area contributed by atoms with Gasteiger partial charge >= 0.3 is 5.97 Å². The highest BCUT2D eigenvalue weighted by Gasteiger charge is 2.44. The maximum atomic E-state index is 13.5. The minimum Gasteiger partial charge on any atom is -0.468 e. The molecule has 32 heavy (non-hydrogen) atoms. The van der Waals surface area contributed by atoms with Gasteiger partial charge in [-0.15, -0.1) is 0 Å². The first-order chi connectivity index (χ1) is 15.3. The fraction of sp³-hybridized carbons (Fsp3) is 0.500. The topological polar surface area (TPSA) is 32.8 Å². The second kappa shape index (κ2) is 11.0. The number of piperazine rings is 1. The minimum absolute atomic E-state index is 0.0213. The summed E-state index contributed by atoms with van der Waals surface area (Å²) in [5.74, 6) is -0.755. The average molecular weight is 445 g/mol. The first-order valence-corrected chi connectivity index (χ1v) is 11.4. The van der Waals surface area contributed by atoms with Gasteiger partial charge in [0.15, 0.2) is 0 Å². The van der Waals surface area contributed by atoms with Crippen LogP contribution in [-0.4, -0.2) is 55.6 Å². The van der Waals surface area contributed by atoms with E-state index < -0.39 is 5.41 Å². The number of rotatable bonds is 9. The molecule has 174 valence electrons. The largest absolute Gasteiger partial charge is 0.468 e. The Morgan fingerprint density at radius 3 is 2.00 bits per heavy atom. The Kier molecular flexibility index (Phi) is 8.38. The van der Waals surface area contributed by atoms with E-state index in [1.807, 2.05) is 26.0 Å². The lowest BCUT2D eigenvalue weighted by Crippen LogP contribution is -2.47. The number of esters is 1. The lowest BCUT2D eigenvalue weighted by molar-refractivity contribution is -0.150. The van der Waals surface area contributed by atoms with Crippen molar-refractivity contribution in [2.45, 2.75) is 38.6 Å². The Morgan fingerprint density at radius 2 is 1.47 bits per heavy atom. The van der Waals surface area contributed by atoms with Crippen molar-refractivity contribution in [3.63, 3.8) is 0 Å². The minimum atomic E-state index is -0.785. The molecule has 0 bridgehead atoms. The first-order valence-electron chi connectivity index (χ1n) is 11.4. The van der Waals surface area contributed by atoms with Gasteiger partial charge in [0.1, 0.15) is 11.6 Å². The number of ether oxygens (including phenoxy) is 1. The fourth-order valence-electron chi connectivity index (χ4n) is 4.75. The monoisotopic (exact) mass is 444 g/mol.